The molecular weight excluding hydrogens is 172 g/mol. The zero-order valence-corrected chi connectivity index (χ0v) is 8.07. The van der Waals surface area contributed by atoms with Crippen molar-refractivity contribution < 1.29 is 0 Å². The van der Waals surface area contributed by atoms with Gasteiger partial charge < -0.3 is 0 Å². The zero-order valence-electron chi connectivity index (χ0n) is 8.07. The second-order valence-corrected chi connectivity index (χ2v) is 3.63. The number of benzene rings is 1. The highest BCUT2D eigenvalue weighted by molar-refractivity contribution is 5.69. The molecule has 0 saturated carbocycles. The monoisotopic (exact) mass is 184 g/mol. The maximum atomic E-state index is 7.12. The molecule has 70 valence electrons. The predicted molar refractivity (Wildman–Crippen MR) is 58.1 cm³/mol. The summed E-state index contributed by atoms with van der Waals surface area (Å²) in [6.45, 7) is 1.92. The Bertz CT molecular complexity index is 383. The Morgan fingerprint density at radius 2 is 1.57 bits per heavy atom. The number of nitrogens with zero attached hydrogens (tertiary/aromatic N) is 1. The van der Waals surface area contributed by atoms with Crippen molar-refractivity contribution in [3.05, 3.63) is 47.5 Å². The molecule has 0 fully saturated rings. The molecule has 1 aliphatic carbocycles. The number of nitrogens with one attached hydrogen (secondary N) is 1. The van der Waals surface area contributed by atoms with E-state index >= 15 is 0 Å². The maximum absolute atomic E-state index is 7.12. The van der Waals surface area contributed by atoms with E-state index in [1.54, 1.807) is 0 Å². The maximum Gasteiger partial charge on any atom is 0.115 e. The minimum atomic E-state index is -0.487. The van der Waals surface area contributed by atoms with Gasteiger partial charge in [0.1, 0.15) is 5.54 Å². The molecule has 0 aliphatic heterocycles. The Kier molecular flexibility index (Phi) is 2.04. The second-order valence-electron chi connectivity index (χ2n) is 3.63. The fourth-order valence-electron chi connectivity index (χ4n) is 1.46. The molecule has 0 spiro atoms. The summed E-state index contributed by atoms with van der Waals surface area (Å²) in [7, 11) is 0. The Morgan fingerprint density at radius 3 is 2.00 bits per heavy atom. The van der Waals surface area contributed by atoms with Crippen LogP contribution in [0.5, 0.6) is 0 Å². The van der Waals surface area contributed by atoms with Crippen LogP contribution in [-0.2, 0) is 0 Å². The fraction of sp³-hybridized carbons (Fsp3) is 0.167. The van der Waals surface area contributed by atoms with Crippen molar-refractivity contribution in [3.8, 4) is 0 Å². The van der Waals surface area contributed by atoms with Crippen LogP contribution >= 0.6 is 0 Å². The van der Waals surface area contributed by atoms with E-state index in [-0.39, 0.29) is 0 Å². The molecule has 2 heteroatoms. The van der Waals surface area contributed by atoms with E-state index in [0.29, 0.717) is 0 Å². The van der Waals surface area contributed by atoms with Gasteiger partial charge in [-0.2, -0.15) is 5.11 Å². The van der Waals surface area contributed by atoms with Gasteiger partial charge in [0.05, 0.1) is 0 Å². The Morgan fingerprint density at radius 1 is 1.07 bits per heavy atom. The van der Waals surface area contributed by atoms with Gasteiger partial charge in [-0.05, 0) is 18.1 Å². The lowest BCUT2D eigenvalue weighted by Crippen LogP contribution is -2.12. The smallest absolute Gasteiger partial charge is 0.115 e. The molecule has 14 heavy (non-hydrogen) atoms. The molecule has 0 saturated heterocycles. The topological polar surface area (TPSA) is 36.2 Å². The van der Waals surface area contributed by atoms with Crippen LogP contribution in [0.4, 0.5) is 0 Å². The molecule has 2 rings (SSSR count). The average molecular weight is 184 g/mol. The first-order valence-electron chi connectivity index (χ1n) is 4.60. The third kappa shape index (κ3) is 1.51. The molecule has 1 aliphatic rings. The molecule has 0 aromatic heterocycles. The number of hydrogen-bond donors (Lipinski definition) is 1. The van der Waals surface area contributed by atoms with Crippen molar-refractivity contribution in [2.45, 2.75) is 12.5 Å². The summed E-state index contributed by atoms with van der Waals surface area (Å²) in [6, 6.07) is 8.15. The van der Waals surface area contributed by atoms with Crippen LogP contribution in [0.3, 0.4) is 0 Å². The first-order chi connectivity index (χ1) is 6.73. The van der Waals surface area contributed by atoms with E-state index in [2.05, 4.69) is 17.2 Å². The Hall–Kier alpha value is -1.70. The van der Waals surface area contributed by atoms with Gasteiger partial charge in [0.15, 0.2) is 0 Å². The lowest BCUT2D eigenvalue weighted by Gasteiger charge is -2.11. The van der Waals surface area contributed by atoms with Gasteiger partial charge in [-0.3, -0.25) is 0 Å². The highest BCUT2D eigenvalue weighted by atomic mass is 15.0. The molecule has 1 N–H and O–H groups in total. The molecule has 0 heterocycles. The van der Waals surface area contributed by atoms with Crippen LogP contribution in [0.25, 0.3) is 12.2 Å². The van der Waals surface area contributed by atoms with Gasteiger partial charge in [0, 0.05) is 0 Å². The van der Waals surface area contributed by atoms with E-state index in [1.807, 2.05) is 43.4 Å². The van der Waals surface area contributed by atoms with Gasteiger partial charge in [0.2, 0.25) is 0 Å². The van der Waals surface area contributed by atoms with Crippen LogP contribution < -0.4 is 0 Å². The van der Waals surface area contributed by atoms with Gasteiger partial charge in [-0.25, -0.2) is 5.53 Å². The van der Waals surface area contributed by atoms with Gasteiger partial charge in [0.25, 0.3) is 0 Å². The van der Waals surface area contributed by atoms with E-state index in [0.717, 1.165) is 0 Å². The van der Waals surface area contributed by atoms with Crippen molar-refractivity contribution in [1.29, 1.82) is 5.53 Å². The fourth-order valence-corrected chi connectivity index (χ4v) is 1.46. The van der Waals surface area contributed by atoms with Crippen LogP contribution in [0.1, 0.15) is 18.1 Å². The lowest BCUT2D eigenvalue weighted by molar-refractivity contribution is 0.672. The SMILES string of the molecule is CC1(N=N)C=Cc2ccccc2C=C1. The summed E-state index contributed by atoms with van der Waals surface area (Å²) in [4.78, 5) is 0. The van der Waals surface area contributed by atoms with Gasteiger partial charge >= 0.3 is 0 Å². The predicted octanol–water partition coefficient (Wildman–Crippen LogP) is 3.52. The van der Waals surface area contributed by atoms with Crippen molar-refractivity contribution in [2.75, 3.05) is 0 Å². The molecule has 0 amide bonds. The summed E-state index contributed by atoms with van der Waals surface area (Å²) in [5.41, 5.74) is 8.99. The zero-order chi connectivity index (χ0) is 10.0. The van der Waals surface area contributed by atoms with E-state index in [9.17, 15) is 0 Å². The third-order valence-corrected chi connectivity index (χ3v) is 2.44. The van der Waals surface area contributed by atoms with Gasteiger partial charge in [-0.15, -0.1) is 0 Å². The highest BCUT2D eigenvalue weighted by Crippen LogP contribution is 2.24. The molecule has 0 bridgehead atoms. The highest BCUT2D eigenvalue weighted by Gasteiger charge is 2.17. The van der Waals surface area contributed by atoms with Crippen LogP contribution in [0, 0.1) is 5.53 Å². The summed E-state index contributed by atoms with van der Waals surface area (Å²) in [6.07, 6.45) is 7.94. The summed E-state index contributed by atoms with van der Waals surface area (Å²) in [5, 5.41) is 3.60. The molecular formula is C12H12N2. The molecule has 1 aromatic rings. The van der Waals surface area contributed by atoms with Crippen molar-refractivity contribution in [2.24, 2.45) is 5.11 Å². The summed E-state index contributed by atoms with van der Waals surface area (Å²) in [5.74, 6) is 0. The number of hydrogen-bond acceptors (Lipinski definition) is 2. The summed E-state index contributed by atoms with van der Waals surface area (Å²) < 4.78 is 0. The average Bonchev–Trinajstić information content (AvgIpc) is 2.40. The summed E-state index contributed by atoms with van der Waals surface area (Å²) >= 11 is 0. The lowest BCUT2D eigenvalue weighted by atomic mass is 10.0. The van der Waals surface area contributed by atoms with E-state index in [4.69, 9.17) is 5.53 Å². The molecule has 1 aromatic carbocycles. The minimum Gasteiger partial charge on any atom is -0.209 e. The Balaban J connectivity index is 2.52. The normalized spacial score (nSPS) is 17.2. The van der Waals surface area contributed by atoms with Crippen LogP contribution in [0.15, 0.2) is 41.5 Å². The molecule has 0 radical (unpaired) electrons. The van der Waals surface area contributed by atoms with Crippen molar-refractivity contribution in [3.63, 3.8) is 0 Å². The molecule has 2 nitrogen and oxygen atoms in total. The molecule has 0 atom stereocenters. The first-order valence-corrected chi connectivity index (χ1v) is 4.60. The minimum absolute atomic E-state index is 0.487. The number of rotatable bonds is 1. The third-order valence-electron chi connectivity index (χ3n) is 2.44. The van der Waals surface area contributed by atoms with Crippen molar-refractivity contribution in [1.82, 2.24) is 0 Å². The first kappa shape index (κ1) is 8.88. The van der Waals surface area contributed by atoms with Crippen molar-refractivity contribution >= 4 is 12.2 Å². The van der Waals surface area contributed by atoms with E-state index in [1.165, 1.54) is 11.1 Å². The van der Waals surface area contributed by atoms with Gasteiger partial charge in [-0.1, -0.05) is 48.6 Å². The Labute approximate surface area is 83.5 Å². The second kappa shape index (κ2) is 3.22. The standard InChI is InChI=1S/C12H12N2/c1-12(14-13)8-6-10-4-2-3-5-11(10)7-9-12/h2-9,13H,1H3. The molecule has 0 unspecified atom stereocenters. The largest absolute Gasteiger partial charge is 0.209 e. The van der Waals surface area contributed by atoms with Crippen LogP contribution in [0.2, 0.25) is 0 Å². The quantitative estimate of drug-likeness (QED) is 0.648. The number of fused-ring (bicyclic) bond motifs is 1. The van der Waals surface area contributed by atoms with Crippen LogP contribution in [-0.4, -0.2) is 5.54 Å². The van der Waals surface area contributed by atoms with E-state index < -0.39 is 5.54 Å².